The Labute approximate surface area is 246 Å². The zero-order chi connectivity index (χ0) is 29.5. The number of carbonyl (C=O) groups is 3. The van der Waals surface area contributed by atoms with Crippen LogP contribution in [0.4, 0.5) is 0 Å². The van der Waals surface area contributed by atoms with E-state index < -0.39 is 12.1 Å². The number of fused-ring (bicyclic) bond motifs is 1. The molecule has 0 radical (unpaired) electrons. The van der Waals surface area contributed by atoms with Gasteiger partial charge in [0.05, 0.1) is 6.04 Å². The smallest absolute Gasteiger partial charge is 0.274 e. The van der Waals surface area contributed by atoms with E-state index in [4.69, 9.17) is 4.74 Å². The molecule has 3 amide bonds. The lowest BCUT2D eigenvalue weighted by Gasteiger charge is -2.36. The highest BCUT2D eigenvalue weighted by Crippen LogP contribution is 2.26. The van der Waals surface area contributed by atoms with Gasteiger partial charge in [-0.15, -0.1) is 0 Å². The van der Waals surface area contributed by atoms with Gasteiger partial charge in [-0.1, -0.05) is 30.3 Å². The summed E-state index contributed by atoms with van der Waals surface area (Å²) < 4.78 is 7.29. The summed E-state index contributed by atoms with van der Waals surface area (Å²) in [4.78, 5) is 53.4. The normalized spacial score (nSPS) is 19.0. The molecule has 3 aromatic rings. The van der Waals surface area contributed by atoms with Crippen molar-refractivity contribution in [3.05, 3.63) is 66.2 Å². The number of nitrogens with zero attached hydrogens (tertiary/aromatic N) is 5. The van der Waals surface area contributed by atoms with Crippen LogP contribution >= 0.6 is 0 Å². The average Bonchev–Trinajstić information content (AvgIpc) is 3.69. The van der Waals surface area contributed by atoms with Gasteiger partial charge in [-0.25, -0.2) is 9.97 Å². The maximum Gasteiger partial charge on any atom is 0.274 e. The van der Waals surface area contributed by atoms with Gasteiger partial charge in [0.25, 0.3) is 5.91 Å². The predicted octanol–water partition coefficient (Wildman–Crippen LogP) is 1.92. The van der Waals surface area contributed by atoms with Gasteiger partial charge in [-0.2, -0.15) is 0 Å². The first-order valence-electron chi connectivity index (χ1n) is 14.9. The summed E-state index contributed by atoms with van der Waals surface area (Å²) in [5, 5.41) is 6.01. The van der Waals surface area contributed by atoms with Crippen molar-refractivity contribution in [1.29, 1.82) is 0 Å². The maximum atomic E-state index is 14.1. The summed E-state index contributed by atoms with van der Waals surface area (Å²) in [7, 11) is 1.73. The molecule has 0 spiro atoms. The minimum atomic E-state index is -0.629. The van der Waals surface area contributed by atoms with Gasteiger partial charge >= 0.3 is 0 Å². The van der Waals surface area contributed by atoms with E-state index in [2.05, 4.69) is 32.7 Å². The molecule has 11 nitrogen and oxygen atoms in total. The van der Waals surface area contributed by atoms with Crippen LogP contribution in [-0.4, -0.2) is 99.9 Å². The quantitative estimate of drug-likeness (QED) is 0.358. The molecular weight excluding hydrogens is 534 g/mol. The van der Waals surface area contributed by atoms with Crippen molar-refractivity contribution < 1.29 is 19.1 Å². The molecule has 2 aliphatic heterocycles. The Morgan fingerprint density at radius 3 is 2.64 bits per heavy atom. The number of hydrogen-bond donors (Lipinski definition) is 2. The number of aromatic nitrogens is 3. The number of likely N-dealkylation sites (N-methyl/N-ethyl adjacent to an activating group) is 1. The lowest BCUT2D eigenvalue weighted by atomic mass is 9.90. The van der Waals surface area contributed by atoms with Gasteiger partial charge in [0.1, 0.15) is 11.7 Å². The van der Waals surface area contributed by atoms with Crippen LogP contribution in [0, 0.1) is 5.92 Å². The minimum Gasteiger partial charge on any atom is -0.381 e. The van der Waals surface area contributed by atoms with E-state index in [0.717, 1.165) is 18.4 Å². The Balaban J connectivity index is 1.36. The fourth-order valence-corrected chi connectivity index (χ4v) is 5.87. The highest BCUT2D eigenvalue weighted by Gasteiger charge is 2.40. The van der Waals surface area contributed by atoms with Gasteiger partial charge in [-0.3, -0.25) is 18.8 Å². The molecule has 2 aromatic heterocycles. The molecule has 4 heterocycles. The average molecular weight is 576 g/mol. The molecule has 11 heteroatoms. The van der Waals surface area contributed by atoms with Gasteiger partial charge < -0.3 is 25.2 Å². The third kappa shape index (κ3) is 6.96. The van der Waals surface area contributed by atoms with Gasteiger partial charge in [0, 0.05) is 57.5 Å². The summed E-state index contributed by atoms with van der Waals surface area (Å²) in [6.07, 6.45) is 8.91. The molecule has 2 N–H and O–H groups in total. The number of carbonyl (C=O) groups excluding carboxylic acids is 3. The van der Waals surface area contributed by atoms with Crippen LogP contribution in [0.25, 0.3) is 5.78 Å². The standard InChI is InChI=1S/C31H41N7O4/c1-22(32-2)28(39)35-27(24-12-18-42-19-13-24)30(41)38-16-6-10-25(38)20-36(17-11-23-8-4-3-5-9-23)29(40)26-21-37-15-7-14-33-31(37)34-26/h3-5,7-9,14-15,21-22,24-25,27,32H,6,10-13,16-20H2,1-2H3,(H,35,39)/t22-,25-,27-/m0/s1. The fourth-order valence-electron chi connectivity index (χ4n) is 5.87. The SMILES string of the molecule is CN[C@@H](C)C(=O)N[C@H](C(=O)N1CCC[C@H]1CN(CCc1ccccc1)C(=O)c1cn2cccnc2n1)C1CCOCC1. The summed E-state index contributed by atoms with van der Waals surface area (Å²) in [5.41, 5.74) is 1.46. The largest absolute Gasteiger partial charge is 0.381 e. The van der Waals surface area contributed by atoms with Gasteiger partial charge in [0.2, 0.25) is 17.6 Å². The monoisotopic (exact) mass is 575 g/mol. The molecule has 224 valence electrons. The topological polar surface area (TPSA) is 121 Å². The molecule has 2 aliphatic rings. The van der Waals surface area contributed by atoms with E-state index in [9.17, 15) is 14.4 Å². The molecule has 2 saturated heterocycles. The molecule has 3 atom stereocenters. The molecule has 0 aliphatic carbocycles. The Hall–Kier alpha value is -3.83. The highest BCUT2D eigenvalue weighted by atomic mass is 16.5. The van der Waals surface area contributed by atoms with Gasteiger partial charge in [0.15, 0.2) is 0 Å². The van der Waals surface area contributed by atoms with Crippen LogP contribution in [0.1, 0.15) is 48.7 Å². The fraction of sp³-hybridized carbons (Fsp3) is 0.516. The molecule has 0 unspecified atom stereocenters. The second-order valence-electron chi connectivity index (χ2n) is 11.2. The Morgan fingerprint density at radius 1 is 1.12 bits per heavy atom. The van der Waals surface area contributed by atoms with E-state index in [1.807, 2.05) is 34.2 Å². The third-order valence-corrected chi connectivity index (χ3v) is 8.47. The van der Waals surface area contributed by atoms with Crippen LogP contribution in [0.5, 0.6) is 0 Å². The zero-order valence-corrected chi connectivity index (χ0v) is 24.4. The Kier molecular flexibility index (Phi) is 9.81. The van der Waals surface area contributed by atoms with Crippen molar-refractivity contribution in [1.82, 2.24) is 34.8 Å². The zero-order valence-electron chi connectivity index (χ0n) is 24.4. The molecule has 42 heavy (non-hydrogen) atoms. The van der Waals surface area contributed by atoms with Crippen molar-refractivity contribution in [3.63, 3.8) is 0 Å². The van der Waals surface area contributed by atoms with Crippen LogP contribution in [0.2, 0.25) is 0 Å². The van der Waals surface area contributed by atoms with Crippen LogP contribution in [0.3, 0.4) is 0 Å². The molecule has 0 saturated carbocycles. The maximum absolute atomic E-state index is 14.1. The highest BCUT2D eigenvalue weighted by molar-refractivity contribution is 5.93. The first-order valence-corrected chi connectivity index (χ1v) is 14.9. The molecule has 1 aromatic carbocycles. The number of nitrogens with one attached hydrogen (secondary N) is 2. The Bertz CT molecular complexity index is 1320. The molecule has 2 fully saturated rings. The number of benzene rings is 1. The molecular formula is C31H41N7O4. The van der Waals surface area contributed by atoms with Crippen LogP contribution in [0.15, 0.2) is 55.0 Å². The van der Waals surface area contributed by atoms with Crippen molar-refractivity contribution in [2.75, 3.05) is 39.9 Å². The first-order chi connectivity index (χ1) is 20.4. The predicted molar refractivity (Wildman–Crippen MR) is 158 cm³/mol. The lowest BCUT2D eigenvalue weighted by Crippen LogP contribution is -2.58. The number of rotatable bonds is 11. The second-order valence-corrected chi connectivity index (χ2v) is 11.2. The van der Waals surface area contributed by atoms with E-state index in [-0.39, 0.29) is 29.7 Å². The second kappa shape index (κ2) is 13.9. The minimum absolute atomic E-state index is 0.00166. The van der Waals surface area contributed by atoms with Crippen LogP contribution in [-0.2, 0) is 20.7 Å². The molecule has 5 rings (SSSR count). The van der Waals surface area contributed by atoms with E-state index in [1.165, 1.54) is 0 Å². The summed E-state index contributed by atoms with van der Waals surface area (Å²) in [6.45, 7) is 4.41. The number of amides is 3. The lowest BCUT2D eigenvalue weighted by molar-refractivity contribution is -0.140. The van der Waals surface area contributed by atoms with E-state index in [0.29, 0.717) is 63.6 Å². The number of imidazole rings is 1. The Morgan fingerprint density at radius 2 is 1.90 bits per heavy atom. The van der Waals surface area contributed by atoms with Crippen molar-refractivity contribution in [3.8, 4) is 0 Å². The number of likely N-dealkylation sites (tertiary alicyclic amines) is 1. The third-order valence-electron chi connectivity index (χ3n) is 8.47. The van der Waals surface area contributed by atoms with Gasteiger partial charge in [-0.05, 0) is 63.6 Å². The molecule has 0 bridgehead atoms. The van der Waals surface area contributed by atoms with Crippen molar-refractivity contribution in [2.24, 2.45) is 5.92 Å². The van der Waals surface area contributed by atoms with Crippen molar-refractivity contribution in [2.45, 2.75) is 57.2 Å². The van der Waals surface area contributed by atoms with E-state index in [1.54, 1.807) is 36.8 Å². The van der Waals surface area contributed by atoms with Crippen molar-refractivity contribution >= 4 is 23.5 Å². The first kappa shape index (κ1) is 29.7. The van der Waals surface area contributed by atoms with E-state index >= 15 is 0 Å². The van der Waals surface area contributed by atoms with Crippen LogP contribution < -0.4 is 10.6 Å². The number of ether oxygens (including phenoxy) is 1. The summed E-state index contributed by atoms with van der Waals surface area (Å²) >= 11 is 0. The summed E-state index contributed by atoms with van der Waals surface area (Å²) in [5.74, 6) is 0.00804. The number of hydrogen-bond acceptors (Lipinski definition) is 7. The summed E-state index contributed by atoms with van der Waals surface area (Å²) in [6, 6.07) is 10.7.